The van der Waals surface area contributed by atoms with Crippen molar-refractivity contribution < 1.29 is 4.79 Å². The molecule has 7 heteroatoms. The molecule has 0 bridgehead atoms. The Morgan fingerprint density at radius 3 is 2.68 bits per heavy atom. The van der Waals surface area contributed by atoms with Crippen LogP contribution in [-0.4, -0.2) is 30.1 Å². The van der Waals surface area contributed by atoms with Gasteiger partial charge >= 0.3 is 0 Å². The number of carbonyl (C=O) groups is 1. The van der Waals surface area contributed by atoms with Crippen LogP contribution in [0.5, 0.6) is 0 Å². The Bertz CT molecular complexity index is 1210. The molecule has 0 spiro atoms. The number of aromatic nitrogens is 1. The number of piperidine rings is 1. The lowest BCUT2D eigenvalue weighted by Crippen LogP contribution is -2.34. The first kappa shape index (κ1) is 26.0. The monoisotopic (exact) mass is 499 g/mol. The summed E-state index contributed by atoms with van der Waals surface area (Å²) in [6.07, 6.45) is 3.56. The van der Waals surface area contributed by atoms with Gasteiger partial charge in [-0.05, 0) is 65.3 Å². The second kappa shape index (κ2) is 11.7. The summed E-state index contributed by atoms with van der Waals surface area (Å²) in [6, 6.07) is 18.4. The maximum Gasteiger partial charge on any atom is 0.250 e. The highest BCUT2D eigenvalue weighted by Crippen LogP contribution is 2.41. The maximum atomic E-state index is 12.2. The molecule has 180 valence electrons. The molecule has 1 amide bonds. The molecule has 2 N–H and O–H groups in total. The molecule has 1 aliphatic rings. The summed E-state index contributed by atoms with van der Waals surface area (Å²) < 4.78 is 1.60. The van der Waals surface area contributed by atoms with Crippen molar-refractivity contribution in [3.8, 4) is 11.1 Å². The predicted molar refractivity (Wildman–Crippen MR) is 141 cm³/mol. The van der Waals surface area contributed by atoms with Crippen LogP contribution >= 0.6 is 24.0 Å². The van der Waals surface area contributed by atoms with Crippen LogP contribution in [0.2, 0.25) is 5.02 Å². The molecule has 1 fully saturated rings. The number of hydrogen-bond acceptors (Lipinski definition) is 3. The zero-order chi connectivity index (χ0) is 23.4. The van der Waals surface area contributed by atoms with Crippen molar-refractivity contribution in [1.82, 2.24) is 15.2 Å². The molecule has 1 aromatic heterocycles. The van der Waals surface area contributed by atoms with E-state index in [9.17, 15) is 9.59 Å². The molecule has 0 unspecified atom stereocenters. The largest absolute Gasteiger partial charge is 0.356 e. The minimum atomic E-state index is -0.0215. The van der Waals surface area contributed by atoms with E-state index in [0.29, 0.717) is 6.54 Å². The van der Waals surface area contributed by atoms with Crippen LogP contribution in [0.15, 0.2) is 65.6 Å². The van der Waals surface area contributed by atoms with E-state index in [2.05, 4.69) is 41.0 Å². The van der Waals surface area contributed by atoms with Crippen molar-refractivity contribution >= 4 is 29.9 Å². The average molecular weight is 500 g/mol. The maximum absolute atomic E-state index is 12.2. The first-order valence-corrected chi connectivity index (χ1v) is 11.8. The van der Waals surface area contributed by atoms with E-state index in [0.717, 1.165) is 53.2 Å². The molecule has 2 atom stereocenters. The van der Waals surface area contributed by atoms with E-state index in [4.69, 9.17) is 11.6 Å². The molecule has 3 aromatic rings. The summed E-state index contributed by atoms with van der Waals surface area (Å²) >= 11 is 6.87. The Balaban J connectivity index is 0.00000324. The SMILES string of the molecule is CC(=O)NCCc1ccccc1-c1ccc([C@H]2CNCC[C@@H]2c2ccn(C)c(=O)c2)c(Cl)c1.Cl. The lowest BCUT2D eigenvalue weighted by atomic mass is 9.77. The first-order chi connectivity index (χ1) is 15.9. The van der Waals surface area contributed by atoms with Gasteiger partial charge in [0.25, 0.3) is 5.56 Å². The quantitative estimate of drug-likeness (QED) is 0.517. The van der Waals surface area contributed by atoms with Crippen LogP contribution in [0, 0.1) is 0 Å². The molecule has 1 aliphatic heterocycles. The molecule has 0 radical (unpaired) electrons. The molecule has 1 saturated heterocycles. The fourth-order valence-electron chi connectivity index (χ4n) is 4.77. The standard InChI is InChI=1S/C27H30ClN3O2.ClH/c1-18(32)30-13-9-19-5-3-4-6-22(19)20-7-8-24(26(28)15-20)25-17-29-12-10-23(25)21-11-14-31(2)27(33)16-21;/h3-8,11,14-16,23,25,29H,9-10,12-13,17H2,1-2H3,(H,30,32);1H/t23-,25+;/m1./s1. The van der Waals surface area contributed by atoms with E-state index in [-0.39, 0.29) is 35.7 Å². The Morgan fingerprint density at radius 1 is 1.15 bits per heavy atom. The van der Waals surface area contributed by atoms with E-state index in [1.54, 1.807) is 17.7 Å². The first-order valence-electron chi connectivity index (χ1n) is 11.4. The number of hydrogen-bond donors (Lipinski definition) is 2. The van der Waals surface area contributed by atoms with Crippen molar-refractivity contribution in [2.45, 2.75) is 31.6 Å². The second-order valence-corrected chi connectivity index (χ2v) is 9.15. The zero-order valence-electron chi connectivity index (χ0n) is 19.5. The Kier molecular flexibility index (Phi) is 8.95. The van der Waals surface area contributed by atoms with Crippen LogP contribution in [-0.2, 0) is 18.3 Å². The number of benzene rings is 2. The number of aryl methyl sites for hydroxylation is 1. The van der Waals surface area contributed by atoms with Crippen molar-refractivity contribution in [2.24, 2.45) is 7.05 Å². The van der Waals surface area contributed by atoms with Gasteiger partial charge < -0.3 is 15.2 Å². The summed E-state index contributed by atoms with van der Waals surface area (Å²) in [5.41, 5.74) is 5.56. The number of halogens is 2. The van der Waals surface area contributed by atoms with Crippen molar-refractivity contribution in [3.63, 3.8) is 0 Å². The molecule has 34 heavy (non-hydrogen) atoms. The molecular weight excluding hydrogens is 469 g/mol. The number of amides is 1. The summed E-state index contributed by atoms with van der Waals surface area (Å²) in [4.78, 5) is 23.5. The fourth-order valence-corrected chi connectivity index (χ4v) is 5.09. The predicted octanol–water partition coefficient (Wildman–Crippen LogP) is 4.67. The van der Waals surface area contributed by atoms with Gasteiger partial charge in [-0.3, -0.25) is 9.59 Å². The molecule has 0 aliphatic carbocycles. The van der Waals surface area contributed by atoms with Gasteiger partial charge in [0, 0.05) is 50.3 Å². The third-order valence-corrected chi connectivity index (χ3v) is 6.86. The minimum absolute atomic E-state index is 0. The lowest BCUT2D eigenvalue weighted by Gasteiger charge is -2.33. The number of carbonyl (C=O) groups excluding carboxylic acids is 1. The highest BCUT2D eigenvalue weighted by molar-refractivity contribution is 6.31. The van der Waals surface area contributed by atoms with Gasteiger partial charge in [-0.25, -0.2) is 0 Å². The number of pyridine rings is 1. The van der Waals surface area contributed by atoms with Crippen LogP contribution in [0.3, 0.4) is 0 Å². The van der Waals surface area contributed by atoms with Gasteiger partial charge in [0.2, 0.25) is 5.91 Å². The van der Waals surface area contributed by atoms with Crippen molar-refractivity contribution in [1.29, 1.82) is 0 Å². The van der Waals surface area contributed by atoms with E-state index >= 15 is 0 Å². The van der Waals surface area contributed by atoms with Crippen molar-refractivity contribution in [3.05, 3.63) is 92.9 Å². The second-order valence-electron chi connectivity index (χ2n) is 8.74. The molecule has 4 rings (SSSR count). The van der Waals surface area contributed by atoms with Gasteiger partial charge in [0.15, 0.2) is 0 Å². The van der Waals surface area contributed by atoms with E-state index in [1.165, 1.54) is 12.5 Å². The Labute approximate surface area is 211 Å². The Hall–Kier alpha value is -2.60. The van der Waals surface area contributed by atoms with Crippen molar-refractivity contribution in [2.75, 3.05) is 19.6 Å². The van der Waals surface area contributed by atoms with Crippen LogP contribution in [0.25, 0.3) is 11.1 Å². The smallest absolute Gasteiger partial charge is 0.250 e. The fraction of sp³-hybridized carbons (Fsp3) is 0.333. The summed E-state index contributed by atoms with van der Waals surface area (Å²) in [7, 11) is 1.77. The lowest BCUT2D eigenvalue weighted by molar-refractivity contribution is -0.118. The van der Waals surface area contributed by atoms with Gasteiger partial charge in [0.05, 0.1) is 0 Å². The molecule has 0 saturated carbocycles. The van der Waals surface area contributed by atoms with Crippen LogP contribution in [0.4, 0.5) is 0 Å². The van der Waals surface area contributed by atoms with Gasteiger partial charge in [-0.1, -0.05) is 48.0 Å². The Morgan fingerprint density at radius 2 is 1.94 bits per heavy atom. The molecule has 2 aromatic carbocycles. The third-order valence-electron chi connectivity index (χ3n) is 6.54. The van der Waals surface area contributed by atoms with Crippen LogP contribution in [0.1, 0.15) is 41.9 Å². The molecule has 5 nitrogen and oxygen atoms in total. The molecular formula is C27H31Cl2N3O2. The van der Waals surface area contributed by atoms with E-state index < -0.39 is 0 Å². The average Bonchev–Trinajstić information content (AvgIpc) is 2.81. The molecule has 2 heterocycles. The summed E-state index contributed by atoms with van der Waals surface area (Å²) in [5.74, 6) is 0.419. The van der Waals surface area contributed by atoms with Crippen LogP contribution < -0.4 is 16.2 Å². The number of nitrogens with one attached hydrogen (secondary N) is 2. The number of nitrogens with zero attached hydrogens (tertiary/aromatic N) is 1. The number of rotatable bonds is 6. The summed E-state index contributed by atoms with van der Waals surface area (Å²) in [6.45, 7) is 3.88. The summed E-state index contributed by atoms with van der Waals surface area (Å²) in [5, 5.41) is 7.11. The zero-order valence-corrected chi connectivity index (χ0v) is 21.1. The highest BCUT2D eigenvalue weighted by Gasteiger charge is 2.29. The van der Waals surface area contributed by atoms with Gasteiger partial charge in [-0.15, -0.1) is 12.4 Å². The van der Waals surface area contributed by atoms with Gasteiger partial charge in [-0.2, -0.15) is 0 Å². The van der Waals surface area contributed by atoms with E-state index in [1.807, 2.05) is 24.4 Å². The topological polar surface area (TPSA) is 63.1 Å². The normalized spacial score (nSPS) is 17.6. The van der Waals surface area contributed by atoms with Gasteiger partial charge in [0.1, 0.15) is 0 Å². The highest BCUT2D eigenvalue weighted by atomic mass is 35.5. The minimum Gasteiger partial charge on any atom is -0.356 e. The third kappa shape index (κ3) is 5.90.